The molecule has 4 atom stereocenters. The fourth-order valence-electron chi connectivity index (χ4n) is 7.82. The molecule has 298 valence electrons. The zero-order valence-electron chi connectivity index (χ0n) is 35.0. The van der Waals surface area contributed by atoms with Gasteiger partial charge < -0.3 is 14.6 Å². The van der Waals surface area contributed by atoms with Gasteiger partial charge in [0.2, 0.25) is 0 Å². The molecule has 0 spiro atoms. The minimum atomic E-state index is -0.932. The van der Waals surface area contributed by atoms with Crippen molar-refractivity contribution in [3.63, 3.8) is 0 Å². The third-order valence-electron chi connectivity index (χ3n) is 11.6. The lowest BCUT2D eigenvalue weighted by atomic mass is 9.54. The molecule has 6 heteroatoms. The Hall–Kier alpha value is -2.47. The van der Waals surface area contributed by atoms with Gasteiger partial charge in [-0.2, -0.15) is 0 Å². The van der Waals surface area contributed by atoms with E-state index in [2.05, 4.69) is 52.8 Å². The maximum Gasteiger partial charge on any atom is 0.305 e. The third-order valence-corrected chi connectivity index (χ3v) is 11.6. The molecule has 0 heterocycles. The summed E-state index contributed by atoms with van der Waals surface area (Å²) in [5.41, 5.74) is 4.02. The van der Waals surface area contributed by atoms with Gasteiger partial charge in [0.05, 0.1) is 12.2 Å². The first kappa shape index (κ1) is 47.6. The normalized spacial score (nSPS) is 22.5. The average molecular weight is 727 g/mol. The van der Waals surface area contributed by atoms with Crippen LogP contribution in [0.3, 0.4) is 0 Å². The van der Waals surface area contributed by atoms with Crippen LogP contribution in [-0.2, 0) is 23.9 Å². The highest BCUT2D eigenvalue weighted by Crippen LogP contribution is 2.55. The van der Waals surface area contributed by atoms with Crippen molar-refractivity contribution in [3.8, 4) is 0 Å². The SMILES string of the molecule is CCCCCCCCCCCCCC(=O)OCCCC1/C(=C(/C)C=O)CC[C@](C)(O)[C@@]1(C)CC/C=C(\C)[C@@H](C/C=C(\C)CCC=C(C)C)OC(C)=O. The molecule has 0 aromatic carbocycles. The summed E-state index contributed by atoms with van der Waals surface area (Å²) in [6.07, 6.45) is 28.1. The summed E-state index contributed by atoms with van der Waals surface area (Å²) < 4.78 is 11.4. The summed E-state index contributed by atoms with van der Waals surface area (Å²) in [7, 11) is 0. The van der Waals surface area contributed by atoms with Gasteiger partial charge in [0, 0.05) is 25.2 Å². The molecule has 0 radical (unpaired) electrons. The lowest BCUT2D eigenvalue weighted by Crippen LogP contribution is -2.52. The Morgan fingerprint density at radius 1 is 0.827 bits per heavy atom. The van der Waals surface area contributed by atoms with Crippen molar-refractivity contribution in [2.45, 2.75) is 209 Å². The fourth-order valence-corrected chi connectivity index (χ4v) is 7.82. The summed E-state index contributed by atoms with van der Waals surface area (Å²) in [6, 6.07) is 0. The molecule has 52 heavy (non-hydrogen) atoms. The zero-order valence-corrected chi connectivity index (χ0v) is 35.0. The molecule has 0 amide bonds. The minimum absolute atomic E-state index is 0.0174. The highest BCUT2D eigenvalue weighted by atomic mass is 16.5. The van der Waals surface area contributed by atoms with Crippen molar-refractivity contribution in [3.05, 3.63) is 46.1 Å². The number of carbonyl (C=O) groups excluding carboxylic acids is 3. The summed E-state index contributed by atoms with van der Waals surface area (Å²) in [6.45, 7) is 18.4. The summed E-state index contributed by atoms with van der Waals surface area (Å²) in [5.74, 6) is -0.444. The van der Waals surface area contributed by atoms with Crippen LogP contribution in [0.1, 0.15) is 197 Å². The molecule has 6 nitrogen and oxygen atoms in total. The number of unbranched alkanes of at least 4 members (excludes halogenated alkanes) is 10. The van der Waals surface area contributed by atoms with Gasteiger partial charge in [-0.1, -0.05) is 113 Å². The first-order chi connectivity index (χ1) is 24.7. The number of allylic oxidation sites excluding steroid dienone is 6. The van der Waals surface area contributed by atoms with E-state index in [1.54, 1.807) is 0 Å². The molecular formula is C46H78O6. The number of hydrogen-bond donors (Lipinski definition) is 1. The number of carbonyl (C=O) groups is 3. The highest BCUT2D eigenvalue weighted by Gasteiger charge is 2.52. The number of aliphatic hydroxyl groups is 1. The van der Waals surface area contributed by atoms with E-state index in [0.29, 0.717) is 51.6 Å². The number of esters is 2. The molecule has 1 unspecified atom stereocenters. The van der Waals surface area contributed by atoms with Crippen LogP contribution in [0, 0.1) is 11.3 Å². The molecule has 1 aliphatic rings. The summed E-state index contributed by atoms with van der Waals surface area (Å²) in [5, 5.41) is 11.9. The quantitative estimate of drug-likeness (QED) is 0.0298. The van der Waals surface area contributed by atoms with Crippen LogP contribution in [0.2, 0.25) is 0 Å². The Morgan fingerprint density at radius 2 is 1.44 bits per heavy atom. The second-order valence-electron chi connectivity index (χ2n) is 16.4. The monoisotopic (exact) mass is 727 g/mol. The topological polar surface area (TPSA) is 89.9 Å². The van der Waals surface area contributed by atoms with E-state index < -0.39 is 11.0 Å². The Balaban J connectivity index is 2.81. The first-order valence-electron chi connectivity index (χ1n) is 20.8. The predicted molar refractivity (Wildman–Crippen MR) is 217 cm³/mol. The lowest BCUT2D eigenvalue weighted by Gasteiger charge is -2.53. The van der Waals surface area contributed by atoms with Crippen molar-refractivity contribution in [2.24, 2.45) is 11.3 Å². The van der Waals surface area contributed by atoms with E-state index in [1.807, 2.05) is 20.8 Å². The van der Waals surface area contributed by atoms with Crippen LogP contribution < -0.4 is 0 Å². The minimum Gasteiger partial charge on any atom is -0.466 e. The maximum absolute atomic E-state index is 12.5. The Bertz CT molecular complexity index is 1180. The standard InChI is InChI=1S/C46H78O6/c1-10-11-12-13-14-15-16-17-18-19-20-28-44(49)51-34-23-27-42-41(39(6)35-47)31-33-46(9,50)45(42,8)32-22-26-38(5)43(52-40(7)48)30-29-37(4)25-21-24-36(2)3/h24,26,29,35,42-43,50H,10-23,25,27-28,30-34H2,1-9H3/b37-29+,38-26+,41-39-/t42?,43-,45+,46+/m1/s1. The van der Waals surface area contributed by atoms with Crippen LogP contribution in [0.25, 0.3) is 0 Å². The molecule has 0 aromatic rings. The number of hydrogen-bond acceptors (Lipinski definition) is 6. The van der Waals surface area contributed by atoms with Gasteiger partial charge in [-0.05, 0) is 116 Å². The number of ether oxygens (including phenoxy) is 2. The maximum atomic E-state index is 12.5. The molecule has 1 saturated carbocycles. The molecule has 1 N–H and O–H groups in total. The van der Waals surface area contributed by atoms with Crippen LogP contribution in [-0.4, -0.2) is 41.6 Å². The van der Waals surface area contributed by atoms with Gasteiger partial charge in [-0.3, -0.25) is 14.4 Å². The van der Waals surface area contributed by atoms with Gasteiger partial charge in [0.25, 0.3) is 0 Å². The van der Waals surface area contributed by atoms with Crippen LogP contribution in [0.5, 0.6) is 0 Å². The predicted octanol–water partition coefficient (Wildman–Crippen LogP) is 12.4. The van der Waals surface area contributed by atoms with E-state index in [4.69, 9.17) is 9.47 Å². The first-order valence-corrected chi connectivity index (χ1v) is 20.8. The Morgan fingerprint density at radius 3 is 2.02 bits per heavy atom. The molecule has 0 bridgehead atoms. The fraction of sp³-hybridized carbons (Fsp3) is 0.761. The molecule has 0 saturated heterocycles. The molecule has 0 aliphatic heterocycles. The van der Waals surface area contributed by atoms with E-state index in [0.717, 1.165) is 55.1 Å². The highest BCUT2D eigenvalue weighted by molar-refractivity contribution is 5.74. The second kappa shape index (κ2) is 26.3. The molecular weight excluding hydrogens is 649 g/mol. The Labute approximate surface area is 319 Å². The van der Waals surface area contributed by atoms with Gasteiger partial charge >= 0.3 is 11.9 Å². The molecule has 0 aromatic heterocycles. The van der Waals surface area contributed by atoms with E-state index >= 15 is 0 Å². The van der Waals surface area contributed by atoms with Gasteiger partial charge in [0.1, 0.15) is 12.4 Å². The van der Waals surface area contributed by atoms with Crippen molar-refractivity contribution >= 4 is 18.2 Å². The number of rotatable bonds is 27. The van der Waals surface area contributed by atoms with Crippen LogP contribution >= 0.6 is 0 Å². The van der Waals surface area contributed by atoms with Crippen molar-refractivity contribution in [1.82, 2.24) is 0 Å². The number of aldehydes is 1. The smallest absolute Gasteiger partial charge is 0.305 e. The third kappa shape index (κ3) is 18.5. The van der Waals surface area contributed by atoms with E-state index in [9.17, 15) is 19.5 Å². The van der Waals surface area contributed by atoms with Crippen molar-refractivity contribution in [2.75, 3.05) is 6.61 Å². The van der Waals surface area contributed by atoms with Gasteiger partial charge in [-0.25, -0.2) is 0 Å². The lowest BCUT2D eigenvalue weighted by molar-refractivity contribution is -0.145. The van der Waals surface area contributed by atoms with Crippen LogP contribution in [0.15, 0.2) is 46.1 Å². The van der Waals surface area contributed by atoms with Crippen molar-refractivity contribution < 1.29 is 29.0 Å². The second-order valence-corrected chi connectivity index (χ2v) is 16.4. The van der Waals surface area contributed by atoms with Gasteiger partial charge in [0.15, 0.2) is 0 Å². The summed E-state index contributed by atoms with van der Waals surface area (Å²) >= 11 is 0. The Kier molecular flexibility index (Phi) is 24.1. The van der Waals surface area contributed by atoms with Crippen LogP contribution in [0.4, 0.5) is 0 Å². The molecule has 1 rings (SSSR count). The summed E-state index contributed by atoms with van der Waals surface area (Å²) in [4.78, 5) is 36.5. The van der Waals surface area contributed by atoms with Crippen molar-refractivity contribution in [1.29, 1.82) is 0 Å². The molecule has 1 aliphatic carbocycles. The zero-order chi connectivity index (χ0) is 39.0. The van der Waals surface area contributed by atoms with Gasteiger partial charge in [-0.15, -0.1) is 0 Å². The van der Waals surface area contributed by atoms with E-state index in [1.165, 1.54) is 75.9 Å². The largest absolute Gasteiger partial charge is 0.466 e. The average Bonchev–Trinajstić information content (AvgIpc) is 3.08. The molecule has 1 fully saturated rings. The van der Waals surface area contributed by atoms with E-state index in [-0.39, 0.29) is 24.0 Å².